The maximum absolute atomic E-state index is 12.4. The maximum Gasteiger partial charge on any atom is 0.262 e. The summed E-state index contributed by atoms with van der Waals surface area (Å²) in [5.41, 5.74) is 1.29. The van der Waals surface area contributed by atoms with E-state index in [4.69, 9.17) is 11.6 Å². The Hall–Kier alpha value is -0.590. The molecule has 0 aromatic carbocycles. The molecule has 0 saturated carbocycles. The third-order valence-electron chi connectivity index (χ3n) is 3.14. The molecule has 2 heterocycles. The lowest BCUT2D eigenvalue weighted by atomic mass is 10.2. The fourth-order valence-electron chi connectivity index (χ4n) is 2.04. The maximum atomic E-state index is 12.4. The van der Waals surface area contributed by atoms with Crippen molar-refractivity contribution in [2.45, 2.75) is 31.2 Å². The lowest BCUT2D eigenvalue weighted by molar-refractivity contribution is 0.461. The Morgan fingerprint density at radius 3 is 2.82 bits per heavy atom. The smallest absolute Gasteiger partial charge is 0.262 e. The van der Waals surface area contributed by atoms with E-state index in [1.807, 2.05) is 6.92 Å². The Morgan fingerprint density at radius 1 is 1.59 bits per heavy atom. The first-order valence-corrected chi connectivity index (χ1v) is 7.54. The van der Waals surface area contributed by atoms with E-state index in [-0.39, 0.29) is 10.9 Å². The number of nitrogens with one attached hydrogen (secondary N) is 1. The number of aryl methyl sites for hydroxylation is 1. The molecule has 2 rings (SSSR count). The van der Waals surface area contributed by atoms with Crippen molar-refractivity contribution in [3.63, 3.8) is 0 Å². The molecule has 0 bridgehead atoms. The van der Waals surface area contributed by atoms with Crippen molar-refractivity contribution in [1.29, 1.82) is 0 Å². The van der Waals surface area contributed by atoms with Crippen LogP contribution in [0.5, 0.6) is 0 Å². The Kier molecular flexibility index (Phi) is 3.47. The topological polar surface area (TPSA) is 66.1 Å². The minimum atomic E-state index is -3.49. The van der Waals surface area contributed by atoms with Crippen molar-refractivity contribution in [3.8, 4) is 0 Å². The number of sulfonamides is 1. The lowest BCUT2D eigenvalue weighted by Gasteiger charge is -2.14. The normalized spacial score (nSPS) is 22.2. The quantitative estimate of drug-likeness (QED) is 0.851. The van der Waals surface area contributed by atoms with Gasteiger partial charge >= 0.3 is 0 Å². The van der Waals surface area contributed by atoms with E-state index in [1.165, 1.54) is 4.31 Å². The van der Waals surface area contributed by atoms with Crippen LogP contribution in [-0.2, 0) is 15.9 Å². The lowest BCUT2D eigenvalue weighted by Crippen LogP contribution is -2.29. The van der Waals surface area contributed by atoms with E-state index in [0.29, 0.717) is 30.3 Å². The predicted molar refractivity (Wildman–Crippen MR) is 65.4 cm³/mol. The van der Waals surface area contributed by atoms with E-state index in [2.05, 4.69) is 10.2 Å². The van der Waals surface area contributed by atoms with Crippen LogP contribution in [0.2, 0.25) is 0 Å². The molecule has 0 radical (unpaired) electrons. The molecule has 96 valence electrons. The summed E-state index contributed by atoms with van der Waals surface area (Å²) in [5.74, 6) is 0.560. The molecule has 1 unspecified atom stereocenters. The summed E-state index contributed by atoms with van der Waals surface area (Å²) in [5, 5.41) is 6.66. The Morgan fingerprint density at radius 2 is 2.29 bits per heavy atom. The number of alkyl halides is 1. The summed E-state index contributed by atoms with van der Waals surface area (Å²) >= 11 is 5.78. The third kappa shape index (κ3) is 2.21. The highest BCUT2D eigenvalue weighted by Gasteiger charge is 2.34. The Labute approximate surface area is 106 Å². The molecule has 1 aromatic heterocycles. The first-order chi connectivity index (χ1) is 7.96. The number of hydrogen-bond acceptors (Lipinski definition) is 3. The Balaban J connectivity index is 2.38. The van der Waals surface area contributed by atoms with Crippen LogP contribution in [0.25, 0.3) is 0 Å². The van der Waals surface area contributed by atoms with Gasteiger partial charge in [-0.1, -0.05) is 6.92 Å². The van der Waals surface area contributed by atoms with Crippen LogP contribution in [0.1, 0.15) is 24.6 Å². The molecular formula is C10H16ClN3O2S. The van der Waals surface area contributed by atoms with Gasteiger partial charge in [0.25, 0.3) is 10.0 Å². The highest BCUT2D eigenvalue weighted by molar-refractivity contribution is 7.89. The second-order valence-electron chi connectivity index (χ2n) is 4.52. The summed E-state index contributed by atoms with van der Waals surface area (Å²) in [4.78, 5) is 0. The monoisotopic (exact) mass is 277 g/mol. The van der Waals surface area contributed by atoms with Crippen LogP contribution < -0.4 is 0 Å². The van der Waals surface area contributed by atoms with Gasteiger partial charge in [-0.25, -0.2) is 8.42 Å². The largest absolute Gasteiger partial charge is 0.281 e. The van der Waals surface area contributed by atoms with Crippen molar-refractivity contribution in [2.75, 3.05) is 13.1 Å². The van der Waals surface area contributed by atoms with Gasteiger partial charge in [-0.05, 0) is 19.3 Å². The molecule has 17 heavy (non-hydrogen) atoms. The Bertz CT molecular complexity index is 512. The van der Waals surface area contributed by atoms with Gasteiger partial charge in [-0.15, -0.1) is 11.6 Å². The molecular weight excluding hydrogens is 262 g/mol. The minimum Gasteiger partial charge on any atom is -0.281 e. The van der Waals surface area contributed by atoms with E-state index >= 15 is 0 Å². The number of aromatic nitrogens is 2. The number of halogens is 1. The number of aromatic amines is 1. The first kappa shape index (κ1) is 12.9. The molecule has 1 atom stereocenters. The highest BCUT2D eigenvalue weighted by Crippen LogP contribution is 2.26. The van der Waals surface area contributed by atoms with Gasteiger partial charge in [0.05, 0.1) is 5.88 Å². The number of H-pyrrole nitrogens is 1. The number of nitrogens with zero attached hydrogens (tertiary/aromatic N) is 2. The van der Waals surface area contributed by atoms with Crippen molar-refractivity contribution < 1.29 is 8.42 Å². The molecule has 0 aliphatic carbocycles. The van der Waals surface area contributed by atoms with E-state index in [9.17, 15) is 8.42 Å². The van der Waals surface area contributed by atoms with E-state index in [1.54, 1.807) is 6.92 Å². The van der Waals surface area contributed by atoms with Crippen LogP contribution in [0, 0.1) is 12.8 Å². The average molecular weight is 278 g/mol. The van der Waals surface area contributed by atoms with Crippen molar-refractivity contribution in [3.05, 3.63) is 11.3 Å². The SMILES string of the molecule is Cc1[nH]nc(S(=O)(=O)N2CCC(C)C2)c1CCl. The fraction of sp³-hybridized carbons (Fsp3) is 0.700. The van der Waals surface area contributed by atoms with Gasteiger partial charge < -0.3 is 0 Å². The van der Waals surface area contributed by atoms with E-state index in [0.717, 1.165) is 6.42 Å². The van der Waals surface area contributed by atoms with E-state index < -0.39 is 10.0 Å². The average Bonchev–Trinajstić information content (AvgIpc) is 2.84. The molecule has 1 aromatic rings. The zero-order valence-corrected chi connectivity index (χ0v) is 11.5. The summed E-state index contributed by atoms with van der Waals surface area (Å²) in [6.45, 7) is 4.96. The standard InChI is InChI=1S/C10H16ClN3O2S/c1-7-3-4-14(6-7)17(15,16)10-9(5-11)8(2)12-13-10/h7H,3-6H2,1-2H3,(H,12,13). The highest BCUT2D eigenvalue weighted by atomic mass is 35.5. The fourth-order valence-corrected chi connectivity index (χ4v) is 4.18. The van der Waals surface area contributed by atoms with Gasteiger partial charge in [0.1, 0.15) is 0 Å². The predicted octanol–water partition coefficient (Wildman–Crippen LogP) is 1.49. The zero-order chi connectivity index (χ0) is 12.6. The molecule has 0 spiro atoms. The molecule has 5 nitrogen and oxygen atoms in total. The van der Waals surface area contributed by atoms with Crippen LogP contribution in [0.15, 0.2) is 5.03 Å². The van der Waals surface area contributed by atoms with Gasteiger partial charge in [-0.2, -0.15) is 9.40 Å². The summed E-state index contributed by atoms with van der Waals surface area (Å²) in [6, 6.07) is 0. The molecule has 1 saturated heterocycles. The molecule has 1 N–H and O–H groups in total. The van der Waals surface area contributed by atoms with Crippen LogP contribution in [-0.4, -0.2) is 36.0 Å². The molecule has 1 aliphatic heterocycles. The van der Waals surface area contributed by atoms with Gasteiger partial charge in [0.2, 0.25) is 0 Å². The number of rotatable bonds is 3. The third-order valence-corrected chi connectivity index (χ3v) is 5.25. The summed E-state index contributed by atoms with van der Waals surface area (Å²) in [7, 11) is -3.49. The minimum absolute atomic E-state index is 0.0825. The van der Waals surface area contributed by atoms with Crippen LogP contribution in [0.3, 0.4) is 0 Å². The van der Waals surface area contributed by atoms with Crippen LogP contribution >= 0.6 is 11.6 Å². The molecule has 1 aliphatic rings. The first-order valence-electron chi connectivity index (χ1n) is 5.56. The number of hydrogen-bond donors (Lipinski definition) is 1. The summed E-state index contributed by atoms with van der Waals surface area (Å²) in [6.07, 6.45) is 0.902. The van der Waals surface area contributed by atoms with Crippen molar-refractivity contribution in [1.82, 2.24) is 14.5 Å². The van der Waals surface area contributed by atoms with Crippen molar-refractivity contribution in [2.24, 2.45) is 5.92 Å². The second-order valence-corrected chi connectivity index (χ2v) is 6.64. The van der Waals surface area contributed by atoms with Gasteiger partial charge in [0, 0.05) is 24.3 Å². The van der Waals surface area contributed by atoms with Crippen LogP contribution in [0.4, 0.5) is 0 Å². The molecule has 7 heteroatoms. The van der Waals surface area contributed by atoms with Gasteiger partial charge in [0.15, 0.2) is 5.03 Å². The summed E-state index contributed by atoms with van der Waals surface area (Å²) < 4.78 is 26.2. The molecule has 1 fully saturated rings. The molecule has 0 amide bonds. The zero-order valence-electron chi connectivity index (χ0n) is 9.90. The second kappa shape index (κ2) is 4.59. The van der Waals surface area contributed by atoms with Gasteiger partial charge in [-0.3, -0.25) is 5.10 Å². The van der Waals surface area contributed by atoms with Crippen molar-refractivity contribution >= 4 is 21.6 Å².